The summed E-state index contributed by atoms with van der Waals surface area (Å²) < 4.78 is 28.9. The molecule has 0 saturated heterocycles. The lowest BCUT2D eigenvalue weighted by Gasteiger charge is -2.37. The molecule has 1 atom stereocenters. The first-order chi connectivity index (χ1) is 12.5. The molecular weight excluding hydrogens is 342 g/mol. The van der Waals surface area contributed by atoms with Gasteiger partial charge in [-0.05, 0) is 33.3 Å². The van der Waals surface area contributed by atoms with E-state index in [1.807, 2.05) is 6.92 Å². The minimum Gasteiger partial charge on any atom is -0.428 e. The summed E-state index contributed by atoms with van der Waals surface area (Å²) in [7, 11) is 0. The van der Waals surface area contributed by atoms with Crippen molar-refractivity contribution in [2.75, 3.05) is 26.4 Å². The quantitative estimate of drug-likeness (QED) is 0.212. The van der Waals surface area contributed by atoms with Crippen LogP contribution in [0.4, 0.5) is 5.69 Å². The van der Waals surface area contributed by atoms with E-state index in [0.717, 1.165) is 12.8 Å². The molecule has 8 nitrogen and oxygen atoms in total. The van der Waals surface area contributed by atoms with Crippen LogP contribution in [0.15, 0.2) is 24.3 Å². The maximum Gasteiger partial charge on any atom is 0.381 e. The topological polar surface area (TPSA) is 89.3 Å². The van der Waals surface area contributed by atoms with Gasteiger partial charge >= 0.3 is 11.7 Å². The first-order valence-electron chi connectivity index (χ1n) is 8.98. The Morgan fingerprint density at radius 3 is 2.23 bits per heavy atom. The Morgan fingerprint density at radius 1 is 1.04 bits per heavy atom. The molecule has 26 heavy (non-hydrogen) atoms. The van der Waals surface area contributed by atoms with Gasteiger partial charge in [-0.1, -0.05) is 25.5 Å². The molecule has 0 bridgehead atoms. The van der Waals surface area contributed by atoms with E-state index in [1.54, 1.807) is 32.9 Å². The second kappa shape index (κ2) is 11.8. The molecule has 0 saturated carbocycles. The molecule has 0 heterocycles. The molecule has 0 aliphatic carbocycles. The van der Waals surface area contributed by atoms with Gasteiger partial charge in [0.25, 0.3) is 6.29 Å². The second-order valence-electron chi connectivity index (χ2n) is 5.31. The van der Waals surface area contributed by atoms with Gasteiger partial charge in [0.15, 0.2) is 0 Å². The molecule has 0 aromatic heterocycles. The lowest BCUT2D eigenvalue weighted by atomic mass is 10.3. The molecule has 8 heteroatoms. The van der Waals surface area contributed by atoms with Gasteiger partial charge in [0.1, 0.15) is 0 Å². The average molecular weight is 371 g/mol. The highest BCUT2D eigenvalue weighted by molar-refractivity contribution is 5.45. The van der Waals surface area contributed by atoms with Gasteiger partial charge in [-0.3, -0.25) is 10.1 Å². The molecule has 0 spiro atoms. The zero-order valence-electron chi connectivity index (χ0n) is 15.9. The predicted octanol–water partition coefficient (Wildman–Crippen LogP) is 3.88. The zero-order valence-corrected chi connectivity index (χ0v) is 15.9. The van der Waals surface area contributed by atoms with E-state index in [1.165, 1.54) is 12.1 Å². The summed E-state index contributed by atoms with van der Waals surface area (Å²) in [5.74, 6) is -1.73. The molecule has 0 aliphatic heterocycles. The monoisotopic (exact) mass is 371 g/mol. The first kappa shape index (κ1) is 22.3. The maximum atomic E-state index is 11.3. The fourth-order valence-electron chi connectivity index (χ4n) is 2.25. The first-order valence-corrected chi connectivity index (χ1v) is 8.98. The van der Waals surface area contributed by atoms with Gasteiger partial charge in [-0.15, -0.1) is 0 Å². The van der Waals surface area contributed by atoms with Gasteiger partial charge in [0.05, 0.1) is 18.1 Å². The predicted molar refractivity (Wildman–Crippen MR) is 96.0 cm³/mol. The van der Waals surface area contributed by atoms with E-state index in [9.17, 15) is 10.1 Å². The average Bonchev–Trinajstić information content (AvgIpc) is 2.62. The minimum absolute atomic E-state index is 0.0202. The van der Waals surface area contributed by atoms with Crippen molar-refractivity contribution in [2.45, 2.75) is 52.8 Å². The zero-order chi connectivity index (χ0) is 19.4. The Morgan fingerprint density at radius 2 is 1.69 bits per heavy atom. The van der Waals surface area contributed by atoms with E-state index in [-0.39, 0.29) is 18.0 Å². The third-order valence-corrected chi connectivity index (χ3v) is 3.39. The molecule has 0 aliphatic rings. The van der Waals surface area contributed by atoms with Crippen LogP contribution in [0, 0.1) is 10.1 Å². The van der Waals surface area contributed by atoms with Crippen LogP contribution in [0.5, 0.6) is 5.75 Å². The van der Waals surface area contributed by atoms with Crippen LogP contribution < -0.4 is 4.74 Å². The maximum absolute atomic E-state index is 11.3. The van der Waals surface area contributed by atoms with Crippen molar-refractivity contribution >= 4 is 5.69 Å². The molecular formula is C18H29NO7. The summed E-state index contributed by atoms with van der Waals surface area (Å²) in [5.41, 5.74) is -0.192. The van der Waals surface area contributed by atoms with E-state index < -0.39 is 17.2 Å². The van der Waals surface area contributed by atoms with Crippen molar-refractivity contribution in [2.24, 2.45) is 0 Å². The molecule has 0 radical (unpaired) electrons. The third kappa shape index (κ3) is 6.21. The summed E-state index contributed by atoms with van der Waals surface area (Å²) >= 11 is 0. The number of unbranched alkanes of at least 4 members (excludes halogenated alkanes) is 1. The summed E-state index contributed by atoms with van der Waals surface area (Å²) in [4.78, 5) is 10.8. The van der Waals surface area contributed by atoms with Gasteiger partial charge in [-0.2, -0.15) is 0 Å². The van der Waals surface area contributed by atoms with Gasteiger partial charge < -0.3 is 23.7 Å². The highest BCUT2D eigenvalue weighted by atomic mass is 16.9. The Labute approximate surface area is 154 Å². The summed E-state index contributed by atoms with van der Waals surface area (Å²) in [6.45, 7) is 8.64. The SMILES string of the molecule is CCCCOC(OCC)(Oc1ccccc1[N+](=O)[O-])C(OCC)OCC. The largest absolute Gasteiger partial charge is 0.428 e. The van der Waals surface area contributed by atoms with Crippen LogP contribution in [0.25, 0.3) is 0 Å². The lowest BCUT2D eigenvalue weighted by molar-refractivity contribution is -0.432. The number of nitro groups is 1. The summed E-state index contributed by atoms with van der Waals surface area (Å²) in [5, 5.41) is 11.3. The van der Waals surface area contributed by atoms with Crippen molar-refractivity contribution in [3.05, 3.63) is 34.4 Å². The number of hydrogen-bond acceptors (Lipinski definition) is 7. The summed E-state index contributed by atoms with van der Waals surface area (Å²) in [6, 6.07) is 6.05. The molecule has 148 valence electrons. The molecule has 1 rings (SSSR count). The van der Waals surface area contributed by atoms with Crippen LogP contribution in [-0.2, 0) is 18.9 Å². The van der Waals surface area contributed by atoms with Gasteiger partial charge in [0.2, 0.25) is 5.75 Å². The molecule has 0 amide bonds. The number of hydrogen-bond donors (Lipinski definition) is 0. The lowest BCUT2D eigenvalue weighted by Crippen LogP contribution is -2.55. The minimum atomic E-state index is -1.75. The van der Waals surface area contributed by atoms with Crippen molar-refractivity contribution in [1.29, 1.82) is 0 Å². The van der Waals surface area contributed by atoms with Gasteiger partial charge in [0, 0.05) is 19.3 Å². The van der Waals surface area contributed by atoms with Crippen molar-refractivity contribution in [3.63, 3.8) is 0 Å². The number of rotatable bonds is 14. The van der Waals surface area contributed by atoms with E-state index in [4.69, 9.17) is 23.7 Å². The highest BCUT2D eigenvalue weighted by Gasteiger charge is 2.47. The van der Waals surface area contributed by atoms with E-state index in [0.29, 0.717) is 19.8 Å². The highest BCUT2D eigenvalue weighted by Crippen LogP contribution is 2.33. The standard InChI is InChI=1S/C18H29NO7/c1-5-9-14-25-18(24-8-4,17(22-6-2)23-7-3)26-16-13-11-10-12-15(16)19(20)21/h10-13,17H,5-9,14H2,1-4H3. The molecule has 0 fully saturated rings. The van der Waals surface area contributed by atoms with Crippen LogP contribution >= 0.6 is 0 Å². The fraction of sp³-hybridized carbons (Fsp3) is 0.667. The van der Waals surface area contributed by atoms with Crippen molar-refractivity contribution in [1.82, 2.24) is 0 Å². The fourth-order valence-corrected chi connectivity index (χ4v) is 2.25. The Balaban J connectivity index is 3.28. The van der Waals surface area contributed by atoms with E-state index in [2.05, 4.69) is 0 Å². The number of para-hydroxylation sites is 2. The Hall–Kier alpha value is -1.74. The Bertz CT molecular complexity index is 534. The number of ether oxygens (including phenoxy) is 5. The van der Waals surface area contributed by atoms with Crippen LogP contribution in [0.3, 0.4) is 0 Å². The van der Waals surface area contributed by atoms with Crippen LogP contribution in [0.1, 0.15) is 40.5 Å². The Kier molecular flexibility index (Phi) is 10.1. The molecule has 0 N–H and O–H groups in total. The molecule has 1 aromatic rings. The number of benzene rings is 1. The smallest absolute Gasteiger partial charge is 0.381 e. The van der Waals surface area contributed by atoms with Crippen LogP contribution in [-0.4, -0.2) is 43.6 Å². The molecule has 1 unspecified atom stereocenters. The number of nitrogens with zero attached hydrogens (tertiary/aromatic N) is 1. The van der Waals surface area contributed by atoms with E-state index >= 15 is 0 Å². The van der Waals surface area contributed by atoms with Gasteiger partial charge in [-0.25, -0.2) is 0 Å². The van der Waals surface area contributed by atoms with Crippen molar-refractivity contribution in [3.8, 4) is 5.75 Å². The third-order valence-electron chi connectivity index (χ3n) is 3.39. The normalized spacial score (nSPS) is 13.6. The molecule has 1 aromatic carbocycles. The van der Waals surface area contributed by atoms with Crippen molar-refractivity contribution < 1.29 is 28.6 Å². The number of nitro benzene ring substituents is 1. The second-order valence-corrected chi connectivity index (χ2v) is 5.31. The van der Waals surface area contributed by atoms with Crippen LogP contribution in [0.2, 0.25) is 0 Å². The summed E-state index contributed by atoms with van der Waals surface area (Å²) in [6.07, 6.45) is 0.663.